The molecule has 1 aliphatic heterocycles. The summed E-state index contributed by atoms with van der Waals surface area (Å²) in [5, 5.41) is 11.3. The van der Waals surface area contributed by atoms with Crippen molar-refractivity contribution in [3.8, 4) is 0 Å². The topological polar surface area (TPSA) is 48.9 Å². The van der Waals surface area contributed by atoms with Gasteiger partial charge in [0, 0.05) is 41.9 Å². The average molecular weight is 407 g/mol. The summed E-state index contributed by atoms with van der Waals surface area (Å²) >= 11 is 3.63. The molecule has 5 nitrogen and oxygen atoms in total. The second-order valence-electron chi connectivity index (χ2n) is 6.70. The van der Waals surface area contributed by atoms with E-state index >= 15 is 0 Å². The van der Waals surface area contributed by atoms with E-state index in [1.54, 1.807) is 11.3 Å². The van der Waals surface area contributed by atoms with Crippen LogP contribution in [0.3, 0.4) is 0 Å². The highest BCUT2D eigenvalue weighted by molar-refractivity contribution is 7.10. The molecule has 0 saturated carbocycles. The Morgan fingerprint density at radius 2 is 1.85 bits per heavy atom. The Bertz CT molecular complexity index is 666. The first-order valence-electron chi connectivity index (χ1n) is 9.68. The summed E-state index contributed by atoms with van der Waals surface area (Å²) < 4.78 is 5.54. The molecule has 1 fully saturated rings. The molecule has 1 aliphatic rings. The SMILES string of the molecule is CCNC(=NCC(C)c1cccs1)NCC(c1cccs1)N1CCOCC1. The third-order valence-corrected chi connectivity index (χ3v) is 6.79. The van der Waals surface area contributed by atoms with Crippen molar-refractivity contribution in [2.45, 2.75) is 25.8 Å². The number of guanidine groups is 1. The van der Waals surface area contributed by atoms with Gasteiger partial charge < -0.3 is 15.4 Å². The Morgan fingerprint density at radius 1 is 1.15 bits per heavy atom. The summed E-state index contributed by atoms with van der Waals surface area (Å²) in [6, 6.07) is 9.02. The zero-order valence-electron chi connectivity index (χ0n) is 16.2. The summed E-state index contributed by atoms with van der Waals surface area (Å²) in [5.41, 5.74) is 0. The van der Waals surface area contributed by atoms with E-state index in [-0.39, 0.29) is 0 Å². The molecule has 2 aromatic heterocycles. The van der Waals surface area contributed by atoms with Crippen LogP contribution in [0.15, 0.2) is 40.0 Å². The van der Waals surface area contributed by atoms with Crippen LogP contribution < -0.4 is 10.6 Å². The minimum Gasteiger partial charge on any atom is -0.379 e. The summed E-state index contributed by atoms with van der Waals surface area (Å²) in [5.74, 6) is 1.34. The molecule has 2 aromatic rings. The fourth-order valence-corrected chi connectivity index (χ4v) is 4.84. The van der Waals surface area contributed by atoms with E-state index in [0.717, 1.165) is 51.9 Å². The zero-order chi connectivity index (χ0) is 18.9. The third kappa shape index (κ3) is 6.04. The van der Waals surface area contributed by atoms with Crippen LogP contribution in [-0.4, -0.2) is 56.8 Å². The van der Waals surface area contributed by atoms with Gasteiger partial charge >= 0.3 is 0 Å². The molecule has 3 heterocycles. The molecule has 3 rings (SSSR count). The number of thiophene rings is 2. The van der Waals surface area contributed by atoms with Crippen LogP contribution in [0.2, 0.25) is 0 Å². The Labute approximate surface area is 170 Å². The van der Waals surface area contributed by atoms with E-state index in [4.69, 9.17) is 9.73 Å². The summed E-state index contributed by atoms with van der Waals surface area (Å²) in [6.07, 6.45) is 0. The van der Waals surface area contributed by atoms with Gasteiger partial charge in [-0.25, -0.2) is 0 Å². The highest BCUT2D eigenvalue weighted by atomic mass is 32.1. The van der Waals surface area contributed by atoms with Crippen molar-refractivity contribution in [3.63, 3.8) is 0 Å². The van der Waals surface area contributed by atoms with Crippen molar-refractivity contribution in [3.05, 3.63) is 44.8 Å². The van der Waals surface area contributed by atoms with Crippen LogP contribution in [0.5, 0.6) is 0 Å². The summed E-state index contributed by atoms with van der Waals surface area (Å²) in [6.45, 7) is 10.4. The molecule has 0 aromatic carbocycles. The molecule has 0 radical (unpaired) electrons. The zero-order valence-corrected chi connectivity index (χ0v) is 17.8. The lowest BCUT2D eigenvalue weighted by molar-refractivity contribution is 0.0177. The van der Waals surface area contributed by atoms with Crippen molar-refractivity contribution in [2.24, 2.45) is 4.99 Å². The van der Waals surface area contributed by atoms with E-state index in [2.05, 4.69) is 64.4 Å². The van der Waals surface area contributed by atoms with Crippen LogP contribution in [-0.2, 0) is 4.74 Å². The number of nitrogens with one attached hydrogen (secondary N) is 2. The molecule has 7 heteroatoms. The molecule has 27 heavy (non-hydrogen) atoms. The molecule has 0 spiro atoms. The number of nitrogens with zero attached hydrogens (tertiary/aromatic N) is 2. The van der Waals surface area contributed by atoms with Gasteiger partial charge in [-0.05, 0) is 29.8 Å². The molecule has 2 N–H and O–H groups in total. The van der Waals surface area contributed by atoms with Gasteiger partial charge in [0.05, 0.1) is 25.8 Å². The van der Waals surface area contributed by atoms with Crippen molar-refractivity contribution in [1.29, 1.82) is 0 Å². The second kappa shape index (κ2) is 10.8. The monoisotopic (exact) mass is 406 g/mol. The molecule has 0 aliphatic carbocycles. The minimum absolute atomic E-state index is 0.354. The van der Waals surface area contributed by atoms with Crippen LogP contribution in [0.25, 0.3) is 0 Å². The predicted molar refractivity (Wildman–Crippen MR) is 116 cm³/mol. The maximum Gasteiger partial charge on any atom is 0.191 e. The van der Waals surface area contributed by atoms with Crippen LogP contribution >= 0.6 is 22.7 Å². The number of hydrogen-bond acceptors (Lipinski definition) is 5. The Hall–Kier alpha value is -1.41. The maximum absolute atomic E-state index is 5.54. The fraction of sp³-hybridized carbons (Fsp3) is 0.550. The van der Waals surface area contributed by atoms with Crippen LogP contribution in [0.1, 0.15) is 35.6 Å². The molecule has 1 saturated heterocycles. The Morgan fingerprint density at radius 3 is 2.48 bits per heavy atom. The lowest BCUT2D eigenvalue weighted by Gasteiger charge is -2.34. The van der Waals surface area contributed by atoms with Crippen LogP contribution in [0, 0.1) is 0 Å². The molecular weight excluding hydrogens is 376 g/mol. The van der Waals surface area contributed by atoms with Gasteiger partial charge in [0.1, 0.15) is 0 Å². The molecule has 148 valence electrons. The van der Waals surface area contributed by atoms with Gasteiger partial charge in [-0.1, -0.05) is 19.1 Å². The van der Waals surface area contributed by atoms with Crippen molar-refractivity contribution in [1.82, 2.24) is 15.5 Å². The van der Waals surface area contributed by atoms with E-state index in [0.29, 0.717) is 12.0 Å². The number of aliphatic imine (C=N–C) groups is 1. The number of ether oxygens (including phenoxy) is 1. The number of rotatable bonds is 8. The lowest BCUT2D eigenvalue weighted by atomic mass is 10.1. The average Bonchev–Trinajstić information content (AvgIpc) is 3.41. The molecule has 2 unspecified atom stereocenters. The number of morpholine rings is 1. The normalized spacial score (nSPS) is 18.2. The van der Waals surface area contributed by atoms with Crippen molar-refractivity contribution in [2.75, 3.05) is 45.9 Å². The first-order chi connectivity index (χ1) is 13.3. The van der Waals surface area contributed by atoms with Gasteiger partial charge in [0.15, 0.2) is 5.96 Å². The molecule has 0 amide bonds. The van der Waals surface area contributed by atoms with Crippen molar-refractivity contribution < 1.29 is 4.74 Å². The van der Waals surface area contributed by atoms with Gasteiger partial charge in [0.2, 0.25) is 0 Å². The maximum atomic E-state index is 5.54. The first kappa shape index (κ1) is 20.3. The van der Waals surface area contributed by atoms with Crippen molar-refractivity contribution >= 4 is 28.6 Å². The summed E-state index contributed by atoms with van der Waals surface area (Å²) in [7, 11) is 0. The van der Waals surface area contributed by atoms with E-state index in [1.165, 1.54) is 9.75 Å². The molecule has 0 bridgehead atoms. The lowest BCUT2D eigenvalue weighted by Crippen LogP contribution is -2.46. The largest absolute Gasteiger partial charge is 0.379 e. The Balaban J connectivity index is 1.62. The van der Waals surface area contributed by atoms with E-state index in [9.17, 15) is 0 Å². The molecule has 2 atom stereocenters. The third-order valence-electron chi connectivity index (χ3n) is 4.72. The standard InChI is InChI=1S/C20H30N4OS2/c1-3-21-20(22-14-16(2)18-6-4-12-26-18)23-15-17(19-7-5-13-27-19)24-8-10-25-11-9-24/h4-7,12-13,16-17H,3,8-11,14-15H2,1-2H3,(H2,21,22,23). The summed E-state index contributed by atoms with van der Waals surface area (Å²) in [4.78, 5) is 10.1. The second-order valence-corrected chi connectivity index (χ2v) is 8.66. The van der Waals surface area contributed by atoms with Crippen LogP contribution in [0.4, 0.5) is 0 Å². The van der Waals surface area contributed by atoms with Gasteiger partial charge in [0.25, 0.3) is 0 Å². The number of hydrogen-bond donors (Lipinski definition) is 2. The Kier molecular flexibility index (Phi) is 8.13. The predicted octanol–water partition coefficient (Wildman–Crippen LogP) is 3.54. The fourth-order valence-electron chi connectivity index (χ4n) is 3.20. The first-order valence-corrected chi connectivity index (χ1v) is 11.4. The molecular formula is C20H30N4OS2. The smallest absolute Gasteiger partial charge is 0.191 e. The van der Waals surface area contributed by atoms with Gasteiger partial charge in [-0.15, -0.1) is 22.7 Å². The quantitative estimate of drug-likeness (QED) is 0.520. The highest BCUT2D eigenvalue weighted by Crippen LogP contribution is 2.25. The van der Waals surface area contributed by atoms with Gasteiger partial charge in [-0.3, -0.25) is 9.89 Å². The van der Waals surface area contributed by atoms with Gasteiger partial charge in [-0.2, -0.15) is 0 Å². The highest BCUT2D eigenvalue weighted by Gasteiger charge is 2.23. The van der Waals surface area contributed by atoms with E-state index in [1.807, 2.05) is 11.3 Å². The van der Waals surface area contributed by atoms with E-state index < -0.39 is 0 Å². The minimum atomic E-state index is 0.354.